The summed E-state index contributed by atoms with van der Waals surface area (Å²) in [7, 11) is 1.12. The average molecular weight is 764 g/mol. The monoisotopic (exact) mass is 763 g/mol. The maximum Gasteiger partial charge on any atom is 0.323 e. The number of carbonyl (C=O) groups excluding carboxylic acids is 3. The summed E-state index contributed by atoms with van der Waals surface area (Å²) in [5.74, 6) is -1.63. The first kappa shape index (κ1) is 51.3. The maximum atomic E-state index is 11.9. The lowest BCUT2D eigenvalue weighted by Crippen LogP contribution is -2.42. The molecule has 1 rings (SSSR count). The molecular weight excluding hydrogens is 694 g/mol. The molecule has 0 amide bonds. The number of unbranched alkanes of at least 4 members (excludes halogenated alkanes) is 10. The van der Waals surface area contributed by atoms with Gasteiger partial charge in [-0.05, 0) is 44.9 Å². The van der Waals surface area contributed by atoms with Crippen LogP contribution in [0.3, 0.4) is 0 Å². The molecule has 0 saturated carbocycles. The molecule has 52 heavy (non-hydrogen) atoms. The molecule has 0 aliphatic carbocycles. The molecule has 0 saturated heterocycles. The summed E-state index contributed by atoms with van der Waals surface area (Å²) in [5, 5.41) is 7.18. The molecule has 1 unspecified atom stereocenters. The van der Waals surface area contributed by atoms with Crippen molar-refractivity contribution in [2.75, 3.05) is 73.9 Å². The van der Waals surface area contributed by atoms with E-state index in [0.717, 1.165) is 82.0 Å². The molecule has 0 radical (unpaired) electrons. The maximum absolute atomic E-state index is 11.9. The number of methoxy groups -OCH3 is 1. The molecule has 14 heteroatoms. The molecule has 0 spiro atoms. The molecule has 304 valence electrons. The second-order valence-electron chi connectivity index (χ2n) is 13.0. The summed E-state index contributed by atoms with van der Waals surface area (Å²) in [4.78, 5) is 34.0. The van der Waals surface area contributed by atoms with Crippen LogP contribution in [-0.2, 0) is 38.7 Å². The average Bonchev–Trinajstić information content (AvgIpc) is 3.10. The number of esters is 2. The van der Waals surface area contributed by atoms with Crippen LogP contribution in [0.1, 0.15) is 122 Å². The number of rotatable bonds is 28. The second kappa shape index (κ2) is 32.8. The third-order valence-corrected chi connectivity index (χ3v) is 9.07. The largest absolute Gasteiger partial charge is 0.747 e. The fourth-order valence-electron chi connectivity index (χ4n) is 4.32. The quantitative estimate of drug-likeness (QED) is 0.0325. The fourth-order valence-corrected chi connectivity index (χ4v) is 4.96. The lowest BCUT2D eigenvalue weighted by Gasteiger charge is -2.27. The van der Waals surface area contributed by atoms with E-state index in [9.17, 15) is 32.5 Å². The van der Waals surface area contributed by atoms with Crippen molar-refractivity contribution in [1.82, 2.24) is 0 Å². The Kier molecular flexibility index (Phi) is 32.4. The number of ether oxygens (including phenoxy) is 5. The highest BCUT2D eigenvalue weighted by Gasteiger charge is 2.30. The van der Waals surface area contributed by atoms with E-state index in [-0.39, 0.29) is 19.0 Å². The van der Waals surface area contributed by atoms with E-state index in [4.69, 9.17) is 23.7 Å². The Hall–Kier alpha value is -2.78. The minimum Gasteiger partial charge on any atom is -0.747 e. The molecule has 0 aliphatic rings. The molecule has 0 heterocycles. The van der Waals surface area contributed by atoms with Gasteiger partial charge < -0.3 is 37.8 Å². The van der Waals surface area contributed by atoms with Gasteiger partial charge in [-0.25, -0.2) is 8.42 Å². The lowest BCUT2D eigenvalue weighted by molar-refractivity contribution is -0.888. The number of aromatic hydroxyl groups is 1. The summed E-state index contributed by atoms with van der Waals surface area (Å²) in [6.07, 6.45) is 11.9. The van der Waals surface area contributed by atoms with Crippen LogP contribution in [0, 0.1) is 0 Å². The van der Waals surface area contributed by atoms with Crippen molar-refractivity contribution in [2.45, 2.75) is 116 Å². The number of hydrogen-bond acceptors (Lipinski definition) is 12. The third-order valence-electron chi connectivity index (χ3n) is 8.02. The first-order valence-electron chi connectivity index (χ1n) is 18.8. The lowest BCUT2D eigenvalue weighted by atomic mass is 10.1. The van der Waals surface area contributed by atoms with Crippen molar-refractivity contribution in [1.29, 1.82) is 0 Å². The van der Waals surface area contributed by atoms with Crippen LogP contribution in [-0.4, -0.2) is 120 Å². The van der Waals surface area contributed by atoms with E-state index >= 15 is 0 Å². The highest BCUT2D eigenvalue weighted by atomic mass is 32.2. The number of aldehydes is 1. The first-order valence-corrected chi connectivity index (χ1v) is 20.3. The standard InChI is InChI=1S/C20H38O7S.C9H22NO2.C9H10O3/c1-3-5-7-9-11-13-15-26-19(21)17-18(28(23,24)25)20(22)27-16-14-12-10-8-6-4-2;1-5-10(2,3)6-7-12-9-8-11-4;1-2-12-9-5-7(6-10)3-4-8(9)11/h18H,3-17H2,1-2H3,(H,23,24,25);5-9H2,1-4H3;3-6,11H,2H2,1H3/q;+1;/p-1. The fraction of sp³-hybridized carbons (Fsp3) is 0.763. The summed E-state index contributed by atoms with van der Waals surface area (Å²) >= 11 is 0. The van der Waals surface area contributed by atoms with E-state index in [2.05, 4.69) is 34.9 Å². The van der Waals surface area contributed by atoms with Gasteiger partial charge in [0.1, 0.15) is 22.9 Å². The van der Waals surface area contributed by atoms with Gasteiger partial charge >= 0.3 is 11.9 Å². The van der Waals surface area contributed by atoms with Gasteiger partial charge in [0.15, 0.2) is 16.7 Å². The van der Waals surface area contributed by atoms with Gasteiger partial charge in [-0.1, -0.05) is 78.1 Å². The number of quaternary nitrogens is 1. The Labute approximate surface area is 314 Å². The van der Waals surface area contributed by atoms with Gasteiger partial charge in [0.2, 0.25) is 0 Å². The summed E-state index contributed by atoms with van der Waals surface area (Å²) in [6.45, 7) is 13.4. The van der Waals surface area contributed by atoms with Crippen molar-refractivity contribution in [3.8, 4) is 11.5 Å². The molecule has 13 nitrogen and oxygen atoms in total. The van der Waals surface area contributed by atoms with Crippen LogP contribution < -0.4 is 4.74 Å². The zero-order valence-electron chi connectivity index (χ0n) is 33.0. The summed E-state index contributed by atoms with van der Waals surface area (Å²) in [5.41, 5.74) is 0.497. The van der Waals surface area contributed by atoms with E-state index in [0.29, 0.717) is 50.3 Å². The molecule has 1 N–H and O–H groups in total. The van der Waals surface area contributed by atoms with E-state index < -0.39 is 33.7 Å². The van der Waals surface area contributed by atoms with Crippen molar-refractivity contribution in [2.24, 2.45) is 0 Å². The van der Waals surface area contributed by atoms with Gasteiger partial charge in [-0.15, -0.1) is 0 Å². The van der Waals surface area contributed by atoms with Gasteiger partial charge in [-0.3, -0.25) is 14.4 Å². The van der Waals surface area contributed by atoms with Crippen LogP contribution >= 0.6 is 0 Å². The molecular formula is C38H69NO12S. The van der Waals surface area contributed by atoms with Crippen molar-refractivity contribution in [3.63, 3.8) is 0 Å². The topological polar surface area (TPSA) is 175 Å². The molecule has 0 bridgehead atoms. The molecule has 1 aromatic carbocycles. The van der Waals surface area contributed by atoms with Crippen LogP contribution in [0.25, 0.3) is 0 Å². The molecule has 1 aromatic rings. The number of carbonyl (C=O) groups is 3. The number of phenols is 1. The van der Waals surface area contributed by atoms with Crippen molar-refractivity contribution >= 4 is 28.3 Å². The summed E-state index contributed by atoms with van der Waals surface area (Å²) < 4.78 is 60.2. The van der Waals surface area contributed by atoms with Crippen molar-refractivity contribution in [3.05, 3.63) is 23.8 Å². The predicted octanol–water partition coefficient (Wildman–Crippen LogP) is 6.45. The first-order chi connectivity index (χ1) is 24.7. The van der Waals surface area contributed by atoms with Crippen LogP contribution in [0.2, 0.25) is 0 Å². The Bertz CT molecular complexity index is 1160. The zero-order valence-corrected chi connectivity index (χ0v) is 33.8. The van der Waals surface area contributed by atoms with Crippen LogP contribution in [0.5, 0.6) is 11.5 Å². The number of phenolic OH excluding ortho intramolecular Hbond substituents is 1. The van der Waals surface area contributed by atoms with E-state index in [1.165, 1.54) is 24.6 Å². The smallest absolute Gasteiger partial charge is 0.323 e. The Morgan fingerprint density at radius 1 is 0.827 bits per heavy atom. The molecule has 1 atom stereocenters. The number of nitrogens with zero attached hydrogens (tertiary/aromatic N) is 1. The highest BCUT2D eigenvalue weighted by molar-refractivity contribution is 7.87. The van der Waals surface area contributed by atoms with Gasteiger partial charge in [0.05, 0.1) is 66.7 Å². The summed E-state index contributed by atoms with van der Waals surface area (Å²) in [6, 6.07) is 4.48. The Morgan fingerprint density at radius 2 is 1.38 bits per heavy atom. The van der Waals surface area contributed by atoms with Crippen LogP contribution in [0.4, 0.5) is 0 Å². The van der Waals surface area contributed by atoms with Crippen molar-refractivity contribution < 1.29 is 60.6 Å². The van der Waals surface area contributed by atoms with Gasteiger partial charge in [0, 0.05) is 12.7 Å². The number of benzene rings is 1. The molecule has 0 aliphatic heterocycles. The highest BCUT2D eigenvalue weighted by Crippen LogP contribution is 2.26. The Balaban J connectivity index is 0. The van der Waals surface area contributed by atoms with Gasteiger partial charge in [-0.2, -0.15) is 0 Å². The normalized spacial score (nSPS) is 11.7. The number of hydrogen-bond donors (Lipinski definition) is 1. The molecule has 0 fully saturated rings. The zero-order chi connectivity index (χ0) is 39.7. The minimum absolute atomic E-state index is 0.0454. The minimum atomic E-state index is -4.98. The van der Waals surface area contributed by atoms with Crippen LogP contribution in [0.15, 0.2) is 18.2 Å². The third kappa shape index (κ3) is 29.8. The SMILES string of the molecule is CCCCCCCCOC(=O)CC(C(=O)OCCCCCCCC)S(=O)(=O)[O-].CCOc1cc(C=O)ccc1O.CC[N+](C)(C)CCOCCOC. The van der Waals surface area contributed by atoms with E-state index in [1.54, 1.807) is 7.11 Å². The Morgan fingerprint density at radius 3 is 1.88 bits per heavy atom. The molecule has 0 aromatic heterocycles. The van der Waals surface area contributed by atoms with Gasteiger partial charge in [0.25, 0.3) is 0 Å². The predicted molar refractivity (Wildman–Crippen MR) is 202 cm³/mol. The van der Waals surface area contributed by atoms with E-state index in [1.807, 2.05) is 6.92 Å². The second-order valence-corrected chi connectivity index (χ2v) is 14.5. The number of likely N-dealkylation sites (N-methyl/N-ethyl adjacent to an activating group) is 1.